The van der Waals surface area contributed by atoms with Gasteiger partial charge in [0, 0.05) is 0 Å². The van der Waals surface area contributed by atoms with Crippen LogP contribution >= 0.6 is 0 Å². The van der Waals surface area contributed by atoms with E-state index in [0.29, 0.717) is 6.61 Å². The van der Waals surface area contributed by atoms with E-state index in [4.69, 9.17) is 10.5 Å². The first-order chi connectivity index (χ1) is 8.95. The SMILES string of the molecule is CCOc1cccc([C@@H](C)NC(=O)[C@@H](N)C(C)C)c1. The van der Waals surface area contributed by atoms with Crippen molar-refractivity contribution in [2.75, 3.05) is 6.61 Å². The monoisotopic (exact) mass is 264 g/mol. The first kappa shape index (κ1) is 15.5. The molecule has 0 aliphatic carbocycles. The van der Waals surface area contributed by atoms with Crippen LogP contribution in [0.15, 0.2) is 24.3 Å². The van der Waals surface area contributed by atoms with Gasteiger partial charge in [-0.25, -0.2) is 0 Å². The minimum Gasteiger partial charge on any atom is -0.494 e. The topological polar surface area (TPSA) is 64.3 Å². The van der Waals surface area contributed by atoms with Gasteiger partial charge in [-0.2, -0.15) is 0 Å². The van der Waals surface area contributed by atoms with Crippen LogP contribution in [0, 0.1) is 5.92 Å². The molecule has 4 nitrogen and oxygen atoms in total. The molecule has 3 N–H and O–H groups in total. The van der Waals surface area contributed by atoms with Crippen molar-refractivity contribution in [1.82, 2.24) is 5.32 Å². The highest BCUT2D eigenvalue weighted by molar-refractivity contribution is 5.82. The summed E-state index contributed by atoms with van der Waals surface area (Å²) in [5.41, 5.74) is 6.84. The Hall–Kier alpha value is -1.55. The number of hydrogen-bond acceptors (Lipinski definition) is 3. The molecular weight excluding hydrogens is 240 g/mol. The molecule has 1 aromatic carbocycles. The van der Waals surface area contributed by atoms with E-state index in [1.54, 1.807) is 0 Å². The Bertz CT molecular complexity index is 418. The highest BCUT2D eigenvalue weighted by atomic mass is 16.5. The van der Waals surface area contributed by atoms with E-state index < -0.39 is 6.04 Å². The summed E-state index contributed by atoms with van der Waals surface area (Å²) in [4.78, 5) is 11.9. The molecule has 0 saturated carbocycles. The predicted octanol–water partition coefficient (Wildman–Crippen LogP) is 2.25. The molecule has 0 aromatic heterocycles. The lowest BCUT2D eigenvalue weighted by molar-refractivity contribution is -0.123. The molecule has 4 heteroatoms. The van der Waals surface area contributed by atoms with Gasteiger partial charge in [0.15, 0.2) is 0 Å². The molecule has 2 atom stereocenters. The van der Waals surface area contributed by atoms with E-state index >= 15 is 0 Å². The zero-order valence-corrected chi connectivity index (χ0v) is 12.1. The van der Waals surface area contributed by atoms with Crippen molar-refractivity contribution in [1.29, 1.82) is 0 Å². The van der Waals surface area contributed by atoms with Crippen LogP contribution in [0.1, 0.15) is 39.3 Å². The number of ether oxygens (including phenoxy) is 1. The van der Waals surface area contributed by atoms with E-state index in [9.17, 15) is 4.79 Å². The molecule has 0 aliphatic rings. The zero-order chi connectivity index (χ0) is 14.4. The third kappa shape index (κ3) is 4.56. The maximum absolute atomic E-state index is 11.9. The Labute approximate surface area is 115 Å². The normalized spacial score (nSPS) is 14.0. The van der Waals surface area contributed by atoms with Crippen molar-refractivity contribution >= 4 is 5.91 Å². The van der Waals surface area contributed by atoms with Crippen molar-refractivity contribution < 1.29 is 9.53 Å². The second kappa shape index (κ2) is 7.14. The molecule has 106 valence electrons. The molecule has 0 bridgehead atoms. The Morgan fingerprint density at radius 1 is 1.37 bits per heavy atom. The van der Waals surface area contributed by atoms with E-state index in [0.717, 1.165) is 11.3 Å². The molecule has 0 fully saturated rings. The maximum atomic E-state index is 11.9. The standard InChI is InChI=1S/C15H24N2O2/c1-5-19-13-8-6-7-12(9-13)11(4)17-15(18)14(16)10(2)3/h6-11,14H,5,16H2,1-4H3,(H,17,18)/t11-,14+/m1/s1. The molecule has 1 aromatic rings. The minimum absolute atomic E-state index is 0.0855. The van der Waals surface area contributed by atoms with E-state index in [1.165, 1.54) is 0 Å². The molecule has 0 saturated heterocycles. The van der Waals surface area contributed by atoms with Gasteiger partial charge >= 0.3 is 0 Å². The Morgan fingerprint density at radius 3 is 2.63 bits per heavy atom. The minimum atomic E-state index is -0.475. The summed E-state index contributed by atoms with van der Waals surface area (Å²) in [7, 11) is 0. The molecule has 0 unspecified atom stereocenters. The fourth-order valence-electron chi connectivity index (χ4n) is 1.74. The molecule has 0 radical (unpaired) electrons. The average molecular weight is 264 g/mol. The van der Waals surface area contributed by atoms with E-state index in [-0.39, 0.29) is 17.9 Å². The highest BCUT2D eigenvalue weighted by Gasteiger charge is 2.19. The largest absolute Gasteiger partial charge is 0.494 e. The van der Waals surface area contributed by atoms with Crippen molar-refractivity contribution in [2.45, 2.75) is 39.8 Å². The fourth-order valence-corrected chi connectivity index (χ4v) is 1.74. The zero-order valence-electron chi connectivity index (χ0n) is 12.1. The van der Waals surface area contributed by atoms with Crippen LogP contribution in [0.2, 0.25) is 0 Å². The van der Waals surface area contributed by atoms with E-state index in [1.807, 2.05) is 52.0 Å². The van der Waals surface area contributed by atoms with Gasteiger partial charge in [-0.1, -0.05) is 26.0 Å². The molecule has 0 aliphatic heterocycles. The number of carbonyl (C=O) groups excluding carboxylic acids is 1. The van der Waals surface area contributed by atoms with Gasteiger partial charge in [-0.15, -0.1) is 0 Å². The summed E-state index contributed by atoms with van der Waals surface area (Å²) in [6, 6.07) is 7.17. The Balaban J connectivity index is 2.69. The van der Waals surface area contributed by atoms with Gasteiger partial charge < -0.3 is 15.8 Å². The molecule has 0 spiro atoms. The molecule has 0 heterocycles. The molecule has 1 amide bonds. The number of hydrogen-bond donors (Lipinski definition) is 2. The molecular formula is C15H24N2O2. The molecule has 1 rings (SSSR count). The average Bonchev–Trinajstić information content (AvgIpc) is 2.38. The van der Waals surface area contributed by atoms with Crippen molar-refractivity contribution in [3.8, 4) is 5.75 Å². The quantitative estimate of drug-likeness (QED) is 0.828. The van der Waals surface area contributed by atoms with Crippen molar-refractivity contribution in [3.05, 3.63) is 29.8 Å². The van der Waals surface area contributed by atoms with Crippen LogP contribution < -0.4 is 15.8 Å². The summed E-state index contributed by atoms with van der Waals surface area (Å²) in [5.74, 6) is 0.820. The van der Waals surface area contributed by atoms with E-state index in [2.05, 4.69) is 5.32 Å². The predicted molar refractivity (Wildman–Crippen MR) is 77.0 cm³/mol. The van der Waals surface area contributed by atoms with Crippen LogP contribution in [0.4, 0.5) is 0 Å². The number of rotatable bonds is 6. The van der Waals surface area contributed by atoms with Gasteiger partial charge in [0.2, 0.25) is 5.91 Å². The number of benzene rings is 1. The summed E-state index contributed by atoms with van der Waals surface area (Å²) < 4.78 is 5.45. The summed E-state index contributed by atoms with van der Waals surface area (Å²) >= 11 is 0. The lowest BCUT2D eigenvalue weighted by Gasteiger charge is -2.20. The molecule has 19 heavy (non-hydrogen) atoms. The van der Waals surface area contributed by atoms with Crippen LogP contribution in [0.25, 0.3) is 0 Å². The Morgan fingerprint density at radius 2 is 2.05 bits per heavy atom. The summed E-state index contributed by atoms with van der Waals surface area (Å²) in [6.45, 7) is 8.38. The second-order valence-electron chi connectivity index (χ2n) is 5.01. The first-order valence-corrected chi connectivity index (χ1v) is 6.74. The Kier molecular flexibility index (Phi) is 5.83. The van der Waals surface area contributed by atoms with Gasteiger partial charge in [0.25, 0.3) is 0 Å². The number of nitrogens with one attached hydrogen (secondary N) is 1. The lowest BCUT2D eigenvalue weighted by atomic mass is 10.0. The van der Waals surface area contributed by atoms with Crippen molar-refractivity contribution in [3.63, 3.8) is 0 Å². The summed E-state index contributed by atoms with van der Waals surface area (Å²) in [6.07, 6.45) is 0. The lowest BCUT2D eigenvalue weighted by Crippen LogP contribution is -2.44. The first-order valence-electron chi connectivity index (χ1n) is 6.74. The number of carbonyl (C=O) groups is 1. The van der Waals surface area contributed by atoms with Crippen LogP contribution in [-0.4, -0.2) is 18.6 Å². The highest BCUT2D eigenvalue weighted by Crippen LogP contribution is 2.19. The van der Waals surface area contributed by atoms with Crippen LogP contribution in [0.3, 0.4) is 0 Å². The summed E-state index contributed by atoms with van der Waals surface area (Å²) in [5, 5.41) is 2.93. The van der Waals surface area contributed by atoms with Gasteiger partial charge in [0.05, 0.1) is 18.7 Å². The third-order valence-electron chi connectivity index (χ3n) is 3.05. The second-order valence-corrected chi connectivity index (χ2v) is 5.01. The van der Waals surface area contributed by atoms with Gasteiger partial charge in [-0.05, 0) is 37.5 Å². The van der Waals surface area contributed by atoms with Crippen LogP contribution in [-0.2, 0) is 4.79 Å². The van der Waals surface area contributed by atoms with Gasteiger partial charge in [0.1, 0.15) is 5.75 Å². The van der Waals surface area contributed by atoms with Gasteiger partial charge in [-0.3, -0.25) is 4.79 Å². The van der Waals surface area contributed by atoms with Crippen molar-refractivity contribution in [2.24, 2.45) is 11.7 Å². The smallest absolute Gasteiger partial charge is 0.237 e. The number of nitrogens with two attached hydrogens (primary N) is 1. The third-order valence-corrected chi connectivity index (χ3v) is 3.05. The van der Waals surface area contributed by atoms with Crippen LogP contribution in [0.5, 0.6) is 5.75 Å². The number of amides is 1. The maximum Gasteiger partial charge on any atom is 0.237 e. The fraction of sp³-hybridized carbons (Fsp3) is 0.533.